The third-order valence-electron chi connectivity index (χ3n) is 3.90. The van der Waals surface area contributed by atoms with Crippen LogP contribution in [0.25, 0.3) is 21.0 Å². The van der Waals surface area contributed by atoms with Crippen LogP contribution < -0.4 is 4.57 Å². The standard InChI is InChI=1S/C19H16NS/c1-14-6-9-18-19(10-14)21-13-20(18)12-15-7-8-16-4-2-3-5-17(16)11-15/h2-11,13H,12H2,1H3/q+1. The molecule has 2 heteroatoms. The highest BCUT2D eigenvalue weighted by Crippen LogP contribution is 2.19. The Balaban J connectivity index is 1.75. The molecule has 0 saturated heterocycles. The van der Waals surface area contributed by atoms with Crippen LogP contribution in [0.15, 0.2) is 66.2 Å². The minimum Gasteiger partial charge on any atom is -0.184 e. The molecular weight excluding hydrogens is 274 g/mol. The molecule has 0 unspecified atom stereocenters. The summed E-state index contributed by atoms with van der Waals surface area (Å²) >= 11 is 1.81. The third-order valence-corrected chi connectivity index (χ3v) is 4.84. The summed E-state index contributed by atoms with van der Waals surface area (Å²) in [5.41, 5.74) is 6.21. The summed E-state index contributed by atoms with van der Waals surface area (Å²) in [4.78, 5) is 0. The van der Waals surface area contributed by atoms with Gasteiger partial charge in [0, 0.05) is 11.6 Å². The molecule has 0 radical (unpaired) electrons. The van der Waals surface area contributed by atoms with E-state index in [1.807, 2.05) is 11.3 Å². The summed E-state index contributed by atoms with van der Waals surface area (Å²) in [6, 6.07) is 21.9. The molecule has 102 valence electrons. The zero-order chi connectivity index (χ0) is 14.2. The molecule has 1 heterocycles. The summed E-state index contributed by atoms with van der Waals surface area (Å²) < 4.78 is 3.69. The number of fused-ring (bicyclic) bond motifs is 2. The van der Waals surface area contributed by atoms with Gasteiger partial charge in [-0.1, -0.05) is 53.8 Å². The van der Waals surface area contributed by atoms with Gasteiger partial charge in [-0.15, -0.1) is 0 Å². The van der Waals surface area contributed by atoms with E-state index in [-0.39, 0.29) is 0 Å². The van der Waals surface area contributed by atoms with Gasteiger partial charge in [-0.3, -0.25) is 0 Å². The van der Waals surface area contributed by atoms with E-state index in [2.05, 4.69) is 77.7 Å². The molecule has 0 N–H and O–H groups in total. The normalized spacial score (nSPS) is 11.3. The van der Waals surface area contributed by atoms with E-state index in [0.29, 0.717) is 0 Å². The molecule has 4 rings (SSSR count). The Bertz CT molecular complexity index is 937. The first-order chi connectivity index (χ1) is 10.3. The van der Waals surface area contributed by atoms with Crippen LogP contribution >= 0.6 is 11.3 Å². The largest absolute Gasteiger partial charge is 0.226 e. The molecule has 0 bridgehead atoms. The molecule has 21 heavy (non-hydrogen) atoms. The van der Waals surface area contributed by atoms with Crippen molar-refractivity contribution in [3.05, 3.63) is 77.3 Å². The fourth-order valence-corrected chi connectivity index (χ4v) is 3.78. The van der Waals surface area contributed by atoms with Gasteiger partial charge >= 0.3 is 0 Å². The average Bonchev–Trinajstić information content (AvgIpc) is 2.89. The molecule has 0 aliphatic rings. The van der Waals surface area contributed by atoms with E-state index in [0.717, 1.165) is 6.54 Å². The molecule has 1 aromatic heterocycles. The fraction of sp³-hybridized carbons (Fsp3) is 0.105. The molecule has 1 nitrogen and oxygen atoms in total. The van der Waals surface area contributed by atoms with Crippen molar-refractivity contribution in [2.24, 2.45) is 0 Å². The predicted molar refractivity (Wildman–Crippen MR) is 89.8 cm³/mol. The molecular formula is C19H16NS+. The van der Waals surface area contributed by atoms with Crippen molar-refractivity contribution in [2.75, 3.05) is 0 Å². The lowest BCUT2D eigenvalue weighted by atomic mass is 10.1. The van der Waals surface area contributed by atoms with E-state index in [9.17, 15) is 0 Å². The van der Waals surface area contributed by atoms with Gasteiger partial charge in [-0.2, -0.15) is 4.57 Å². The van der Waals surface area contributed by atoms with Crippen LogP contribution in [0.1, 0.15) is 11.1 Å². The number of nitrogens with zero attached hydrogens (tertiary/aromatic N) is 1. The van der Waals surface area contributed by atoms with Crippen molar-refractivity contribution < 1.29 is 4.57 Å². The lowest BCUT2D eigenvalue weighted by molar-refractivity contribution is -0.658. The number of hydrogen-bond acceptors (Lipinski definition) is 1. The first kappa shape index (κ1) is 12.5. The minimum absolute atomic E-state index is 0.924. The maximum absolute atomic E-state index is 2.34. The topological polar surface area (TPSA) is 3.88 Å². The average molecular weight is 290 g/mol. The van der Waals surface area contributed by atoms with E-state index in [1.54, 1.807) is 0 Å². The van der Waals surface area contributed by atoms with Gasteiger partial charge in [-0.05, 0) is 35.4 Å². The number of aryl methyl sites for hydroxylation is 1. The van der Waals surface area contributed by atoms with Gasteiger partial charge in [0.05, 0.1) is 0 Å². The number of rotatable bonds is 2. The van der Waals surface area contributed by atoms with Gasteiger partial charge < -0.3 is 0 Å². The number of thiazole rings is 1. The van der Waals surface area contributed by atoms with E-state index in [4.69, 9.17) is 0 Å². The third kappa shape index (κ3) is 2.32. The summed E-state index contributed by atoms with van der Waals surface area (Å²) in [5.74, 6) is 0. The van der Waals surface area contributed by atoms with Crippen molar-refractivity contribution in [3.8, 4) is 0 Å². The summed E-state index contributed by atoms with van der Waals surface area (Å²) in [7, 11) is 0. The first-order valence-corrected chi connectivity index (χ1v) is 8.02. The Morgan fingerprint density at radius 3 is 2.67 bits per heavy atom. The monoisotopic (exact) mass is 290 g/mol. The molecule has 0 aliphatic heterocycles. The Hall–Kier alpha value is -2.19. The van der Waals surface area contributed by atoms with Crippen molar-refractivity contribution >= 4 is 32.3 Å². The number of aromatic nitrogens is 1. The Morgan fingerprint density at radius 2 is 1.76 bits per heavy atom. The van der Waals surface area contributed by atoms with Gasteiger partial charge in [0.15, 0.2) is 6.54 Å². The zero-order valence-electron chi connectivity index (χ0n) is 11.9. The van der Waals surface area contributed by atoms with Gasteiger partial charge in [-0.25, -0.2) is 0 Å². The van der Waals surface area contributed by atoms with Crippen LogP contribution in [0.3, 0.4) is 0 Å². The van der Waals surface area contributed by atoms with Gasteiger partial charge in [0.1, 0.15) is 4.70 Å². The van der Waals surface area contributed by atoms with Crippen LogP contribution in [0.2, 0.25) is 0 Å². The molecule has 0 spiro atoms. The highest BCUT2D eigenvalue weighted by molar-refractivity contribution is 7.16. The second-order valence-corrected chi connectivity index (χ2v) is 6.39. The maximum atomic E-state index is 2.34. The van der Waals surface area contributed by atoms with Crippen molar-refractivity contribution in [3.63, 3.8) is 0 Å². The van der Waals surface area contributed by atoms with E-state index < -0.39 is 0 Å². The maximum Gasteiger partial charge on any atom is 0.226 e. The quantitative estimate of drug-likeness (QED) is 0.471. The Kier molecular flexibility index (Phi) is 2.97. The zero-order valence-corrected chi connectivity index (χ0v) is 12.7. The second kappa shape index (κ2) is 4.97. The Morgan fingerprint density at radius 1 is 0.905 bits per heavy atom. The summed E-state index contributed by atoms with van der Waals surface area (Å²) in [6.07, 6.45) is 0. The van der Waals surface area contributed by atoms with E-state index >= 15 is 0 Å². The van der Waals surface area contributed by atoms with Crippen LogP contribution in [0, 0.1) is 6.92 Å². The first-order valence-electron chi connectivity index (χ1n) is 7.14. The SMILES string of the molecule is Cc1ccc2c(c1)sc[n+]2Cc1ccc2ccccc2c1. The van der Waals surface area contributed by atoms with Gasteiger partial charge in [0.2, 0.25) is 11.0 Å². The summed E-state index contributed by atoms with van der Waals surface area (Å²) in [5, 5.41) is 2.61. The van der Waals surface area contributed by atoms with Crippen molar-refractivity contribution in [1.82, 2.24) is 0 Å². The highest BCUT2D eigenvalue weighted by atomic mass is 32.1. The van der Waals surface area contributed by atoms with Crippen molar-refractivity contribution in [1.29, 1.82) is 0 Å². The van der Waals surface area contributed by atoms with Crippen LogP contribution in [0.4, 0.5) is 0 Å². The van der Waals surface area contributed by atoms with Crippen LogP contribution in [0.5, 0.6) is 0 Å². The molecule has 3 aromatic carbocycles. The number of hydrogen-bond donors (Lipinski definition) is 0. The minimum atomic E-state index is 0.924. The van der Waals surface area contributed by atoms with Crippen molar-refractivity contribution in [2.45, 2.75) is 13.5 Å². The Labute approximate surface area is 128 Å². The highest BCUT2D eigenvalue weighted by Gasteiger charge is 2.12. The smallest absolute Gasteiger partial charge is 0.184 e. The lowest BCUT2D eigenvalue weighted by Gasteiger charge is -2.01. The molecule has 0 atom stereocenters. The molecule has 0 fully saturated rings. The van der Waals surface area contributed by atoms with E-state index in [1.165, 1.54) is 32.1 Å². The number of benzene rings is 3. The molecule has 0 amide bonds. The fourth-order valence-electron chi connectivity index (χ4n) is 2.79. The molecule has 0 aliphatic carbocycles. The van der Waals surface area contributed by atoms with Crippen LogP contribution in [-0.4, -0.2) is 0 Å². The van der Waals surface area contributed by atoms with Crippen LogP contribution in [-0.2, 0) is 6.54 Å². The molecule has 0 saturated carbocycles. The molecule has 4 aromatic rings. The predicted octanol–water partition coefficient (Wildman–Crippen LogP) is 4.70. The van der Waals surface area contributed by atoms with Gasteiger partial charge in [0.25, 0.3) is 0 Å². The second-order valence-electron chi connectivity index (χ2n) is 5.50. The summed E-state index contributed by atoms with van der Waals surface area (Å²) in [6.45, 7) is 3.07. The lowest BCUT2D eigenvalue weighted by Crippen LogP contribution is -2.31.